The van der Waals surface area contributed by atoms with Crippen LogP contribution in [0.15, 0.2) is 33.3 Å². The lowest BCUT2D eigenvalue weighted by molar-refractivity contribution is -0.0945. The Bertz CT molecular complexity index is 1160. The van der Waals surface area contributed by atoms with Crippen LogP contribution in [0.4, 0.5) is 14.9 Å². The molecule has 2 aromatic rings. The third-order valence-electron chi connectivity index (χ3n) is 9.69. The Kier molecular flexibility index (Phi) is 5.99. The van der Waals surface area contributed by atoms with Crippen LogP contribution in [0.3, 0.4) is 0 Å². The zero-order valence-electron chi connectivity index (χ0n) is 21.6. The molecule has 1 aromatic carbocycles. The summed E-state index contributed by atoms with van der Waals surface area (Å²) in [6.45, 7) is 3.54. The fourth-order valence-electron chi connectivity index (χ4n) is 7.39. The van der Waals surface area contributed by atoms with Crippen molar-refractivity contribution < 1.29 is 18.8 Å². The van der Waals surface area contributed by atoms with E-state index < -0.39 is 5.67 Å². The first-order chi connectivity index (χ1) is 17.5. The third kappa shape index (κ3) is 4.60. The molecule has 7 nitrogen and oxygen atoms in total. The lowest BCUT2D eigenvalue weighted by Crippen LogP contribution is -2.60. The number of aromatic nitrogens is 2. The van der Waals surface area contributed by atoms with Gasteiger partial charge in [-0.2, -0.15) is 4.98 Å². The molecule has 1 spiro atoms. The van der Waals surface area contributed by atoms with Gasteiger partial charge in [-0.05, 0) is 107 Å². The number of hydrogen-bond donors (Lipinski definition) is 2. The molecule has 0 aliphatic heterocycles. The summed E-state index contributed by atoms with van der Waals surface area (Å²) in [5, 5.41) is 17.2. The van der Waals surface area contributed by atoms with E-state index in [9.17, 15) is 14.3 Å². The van der Waals surface area contributed by atoms with E-state index >= 15 is 0 Å². The minimum atomic E-state index is -1.65. The summed E-state index contributed by atoms with van der Waals surface area (Å²) in [7, 11) is 0. The van der Waals surface area contributed by atoms with E-state index in [2.05, 4.69) is 31.4 Å². The Hall–Kier alpha value is -2.00. The highest BCUT2D eigenvalue weighted by molar-refractivity contribution is 9.10. The molecule has 37 heavy (non-hydrogen) atoms. The molecule has 1 heterocycles. The first-order valence-corrected chi connectivity index (χ1v) is 14.3. The molecule has 0 atom stereocenters. The number of rotatable bonds is 6. The molecule has 2 amide bonds. The van der Waals surface area contributed by atoms with Gasteiger partial charge in [-0.15, -0.1) is 0 Å². The fraction of sp³-hybridized carbons (Fsp3) is 0.679. The van der Waals surface area contributed by atoms with E-state index in [0.29, 0.717) is 12.4 Å². The first kappa shape index (κ1) is 25.3. The predicted octanol–water partition coefficient (Wildman–Crippen LogP) is 6.15. The van der Waals surface area contributed by atoms with Gasteiger partial charge in [-0.25, -0.2) is 9.18 Å². The number of hydrogen-bond acceptors (Lipinski definition) is 5. The summed E-state index contributed by atoms with van der Waals surface area (Å²) in [4.78, 5) is 20.1. The molecular formula is C28H36BrFN4O3. The maximum atomic E-state index is 14.4. The lowest BCUT2D eigenvalue weighted by atomic mass is 9.53. The predicted molar refractivity (Wildman–Crippen MR) is 141 cm³/mol. The van der Waals surface area contributed by atoms with E-state index in [4.69, 9.17) is 4.52 Å². The second-order valence-corrected chi connectivity index (χ2v) is 13.8. The molecule has 5 aliphatic carbocycles. The Morgan fingerprint density at radius 3 is 2.43 bits per heavy atom. The zero-order chi connectivity index (χ0) is 26.1. The number of urea groups is 1. The number of halogens is 2. The summed E-state index contributed by atoms with van der Waals surface area (Å²) in [5.41, 5.74) is -0.633. The lowest BCUT2D eigenvalue weighted by Gasteiger charge is -2.56. The Morgan fingerprint density at radius 1 is 1.19 bits per heavy atom. The Labute approximate surface area is 225 Å². The quantitative estimate of drug-likeness (QED) is 0.431. The maximum absolute atomic E-state index is 14.4. The molecule has 0 unspecified atom stereocenters. The van der Waals surface area contributed by atoms with Crippen LogP contribution >= 0.6 is 15.9 Å². The molecule has 9 heteroatoms. The van der Waals surface area contributed by atoms with Crippen molar-refractivity contribution in [2.45, 2.75) is 101 Å². The molecule has 0 saturated heterocycles. The smallest absolute Gasteiger partial charge is 0.322 e. The largest absolute Gasteiger partial charge is 0.393 e. The van der Waals surface area contributed by atoms with Gasteiger partial charge in [0.05, 0.1) is 6.10 Å². The second-order valence-electron chi connectivity index (χ2n) is 12.9. The molecule has 1 aromatic heterocycles. The normalized spacial score (nSPS) is 34.6. The summed E-state index contributed by atoms with van der Waals surface area (Å²) >= 11 is 3.57. The highest BCUT2D eigenvalue weighted by Gasteiger charge is 2.54. The summed E-state index contributed by atoms with van der Waals surface area (Å²) < 4.78 is 20.6. The highest BCUT2D eigenvalue weighted by atomic mass is 79.9. The van der Waals surface area contributed by atoms with Crippen LogP contribution in [-0.4, -0.2) is 40.0 Å². The average Bonchev–Trinajstić information content (AvgIpc) is 3.33. The highest BCUT2D eigenvalue weighted by Crippen LogP contribution is 2.58. The standard InChI is InChI=1S/C28H36BrFN4O3/c1-25(2,30)23-32-22(33-37-23)28-9-6-26(7-10-28,8-11-28)17-34(20-5-3-4-18(29)12-20)24(36)31-19-13-27(14-19)15-21(35)16-27/h3-5,12,19,21,35H,6-11,13-17H2,1-2H3,(H,31,36). The minimum Gasteiger partial charge on any atom is -0.393 e. The number of aliphatic hydroxyl groups excluding tert-OH is 1. The van der Waals surface area contributed by atoms with Crippen molar-refractivity contribution in [3.63, 3.8) is 0 Å². The van der Waals surface area contributed by atoms with Gasteiger partial charge in [0.2, 0.25) is 0 Å². The summed E-state index contributed by atoms with van der Waals surface area (Å²) in [6, 6.07) is 8.09. The molecule has 2 bridgehead atoms. The number of benzene rings is 1. The second kappa shape index (κ2) is 8.76. The van der Waals surface area contributed by atoms with Crippen LogP contribution in [0, 0.1) is 10.8 Å². The van der Waals surface area contributed by atoms with Gasteiger partial charge in [-0.3, -0.25) is 4.90 Å². The van der Waals surface area contributed by atoms with Crippen molar-refractivity contribution in [1.82, 2.24) is 15.5 Å². The van der Waals surface area contributed by atoms with Crippen LogP contribution < -0.4 is 10.2 Å². The van der Waals surface area contributed by atoms with Gasteiger partial charge in [0.1, 0.15) is 0 Å². The molecule has 0 radical (unpaired) electrons. The number of aliphatic hydroxyl groups is 1. The van der Waals surface area contributed by atoms with Crippen LogP contribution in [0.2, 0.25) is 0 Å². The molecule has 200 valence electrons. The van der Waals surface area contributed by atoms with Crippen LogP contribution in [0.5, 0.6) is 0 Å². The minimum absolute atomic E-state index is 0.0340. The van der Waals surface area contributed by atoms with Crippen LogP contribution in [0.25, 0.3) is 0 Å². The van der Waals surface area contributed by atoms with Crippen molar-refractivity contribution >= 4 is 27.6 Å². The number of nitrogens with zero attached hydrogens (tertiary/aromatic N) is 3. The molecule has 5 fully saturated rings. The van der Waals surface area contributed by atoms with Crippen LogP contribution in [0.1, 0.15) is 89.8 Å². The number of carbonyl (C=O) groups is 1. The van der Waals surface area contributed by atoms with Crippen molar-refractivity contribution in [3.8, 4) is 0 Å². The maximum Gasteiger partial charge on any atom is 0.322 e. The average molecular weight is 576 g/mol. The molecule has 2 N–H and O–H groups in total. The van der Waals surface area contributed by atoms with Crippen molar-refractivity contribution in [1.29, 1.82) is 0 Å². The van der Waals surface area contributed by atoms with E-state index in [0.717, 1.165) is 74.4 Å². The van der Waals surface area contributed by atoms with E-state index in [-0.39, 0.29) is 40.3 Å². The van der Waals surface area contributed by atoms with Gasteiger partial charge in [0.15, 0.2) is 11.5 Å². The molecule has 5 aliphatic rings. The van der Waals surface area contributed by atoms with Gasteiger partial charge >= 0.3 is 6.03 Å². The van der Waals surface area contributed by atoms with Gasteiger partial charge in [-0.1, -0.05) is 27.2 Å². The number of anilines is 1. The SMILES string of the molecule is CC(C)(F)c1nc(C23CCC(CN(C(=O)NC4CC5(CC(O)C5)C4)c4cccc(Br)c4)(CC2)CC3)no1. The van der Waals surface area contributed by atoms with Gasteiger partial charge < -0.3 is 14.9 Å². The topological polar surface area (TPSA) is 91.5 Å². The number of amides is 2. The zero-order valence-corrected chi connectivity index (χ0v) is 23.2. The molecule has 7 rings (SSSR count). The van der Waals surface area contributed by atoms with Crippen molar-refractivity contribution in [2.24, 2.45) is 10.8 Å². The summed E-state index contributed by atoms with van der Waals surface area (Å²) in [5.74, 6) is 0.689. The van der Waals surface area contributed by atoms with E-state index in [1.54, 1.807) is 0 Å². The fourth-order valence-corrected chi connectivity index (χ4v) is 7.78. The number of fused-ring (bicyclic) bond motifs is 3. The number of nitrogens with one attached hydrogen (secondary N) is 1. The number of alkyl halides is 1. The van der Waals surface area contributed by atoms with Crippen LogP contribution in [-0.2, 0) is 11.1 Å². The Morgan fingerprint density at radius 2 is 1.86 bits per heavy atom. The summed E-state index contributed by atoms with van der Waals surface area (Å²) in [6.07, 6.45) is 9.14. The Balaban J connectivity index is 1.16. The van der Waals surface area contributed by atoms with Crippen molar-refractivity contribution in [2.75, 3.05) is 11.4 Å². The van der Waals surface area contributed by atoms with E-state index in [1.807, 2.05) is 29.2 Å². The van der Waals surface area contributed by atoms with Crippen molar-refractivity contribution in [3.05, 3.63) is 40.5 Å². The van der Waals surface area contributed by atoms with Gasteiger partial charge in [0.25, 0.3) is 5.89 Å². The first-order valence-electron chi connectivity index (χ1n) is 13.5. The third-order valence-corrected chi connectivity index (χ3v) is 10.2. The molecule has 5 saturated carbocycles. The number of carbonyl (C=O) groups excluding carboxylic acids is 1. The molecular weight excluding hydrogens is 539 g/mol. The van der Waals surface area contributed by atoms with Gasteiger partial charge in [0, 0.05) is 28.2 Å². The monoisotopic (exact) mass is 574 g/mol. The van der Waals surface area contributed by atoms with E-state index in [1.165, 1.54) is 13.8 Å².